The van der Waals surface area contributed by atoms with Crippen LogP contribution in [-0.4, -0.2) is 24.1 Å². The SMILES string of the molecule is CSC1=NCCCc2sc(C=O)cc21. The molecule has 0 N–H and O–H groups in total. The number of nitrogens with zero attached hydrogens (tertiary/aromatic N) is 1. The second-order valence-electron chi connectivity index (χ2n) is 3.10. The van der Waals surface area contributed by atoms with Gasteiger partial charge in [0.25, 0.3) is 0 Å². The number of carbonyl (C=O) groups is 1. The predicted molar refractivity (Wildman–Crippen MR) is 62.9 cm³/mol. The van der Waals surface area contributed by atoms with Gasteiger partial charge in [0.15, 0.2) is 6.29 Å². The van der Waals surface area contributed by atoms with Crippen LogP contribution in [0.2, 0.25) is 0 Å². The van der Waals surface area contributed by atoms with Gasteiger partial charge in [0.2, 0.25) is 0 Å². The first kappa shape index (κ1) is 9.93. The zero-order valence-corrected chi connectivity index (χ0v) is 9.58. The van der Waals surface area contributed by atoms with E-state index < -0.39 is 0 Å². The van der Waals surface area contributed by atoms with Gasteiger partial charge in [-0.25, -0.2) is 0 Å². The summed E-state index contributed by atoms with van der Waals surface area (Å²) >= 11 is 3.27. The van der Waals surface area contributed by atoms with Gasteiger partial charge in [-0.1, -0.05) is 0 Å². The van der Waals surface area contributed by atoms with Crippen molar-refractivity contribution in [3.05, 3.63) is 21.4 Å². The molecule has 0 spiro atoms. The van der Waals surface area contributed by atoms with E-state index in [4.69, 9.17) is 0 Å². The fourth-order valence-electron chi connectivity index (χ4n) is 1.55. The second kappa shape index (κ2) is 4.28. The third-order valence-corrected chi connectivity index (χ3v) is 4.04. The highest BCUT2D eigenvalue weighted by Crippen LogP contribution is 2.28. The fourth-order valence-corrected chi connectivity index (χ4v) is 3.26. The van der Waals surface area contributed by atoms with Crippen molar-refractivity contribution in [3.63, 3.8) is 0 Å². The molecule has 0 bridgehead atoms. The van der Waals surface area contributed by atoms with E-state index >= 15 is 0 Å². The lowest BCUT2D eigenvalue weighted by Gasteiger charge is -1.98. The van der Waals surface area contributed by atoms with Crippen molar-refractivity contribution in [3.8, 4) is 0 Å². The third kappa shape index (κ3) is 1.77. The molecule has 1 aliphatic heterocycles. The first-order chi connectivity index (χ1) is 6.85. The molecule has 0 unspecified atom stereocenters. The number of fused-ring (bicyclic) bond motifs is 1. The smallest absolute Gasteiger partial charge is 0.160 e. The Morgan fingerprint density at radius 2 is 2.50 bits per heavy atom. The summed E-state index contributed by atoms with van der Waals surface area (Å²) in [5, 5.41) is 1.09. The maximum Gasteiger partial charge on any atom is 0.160 e. The Morgan fingerprint density at radius 3 is 3.21 bits per heavy atom. The first-order valence-electron chi connectivity index (χ1n) is 4.52. The molecule has 0 fully saturated rings. The minimum absolute atomic E-state index is 0.818. The molecular weight excluding hydrogens is 214 g/mol. The third-order valence-electron chi connectivity index (χ3n) is 2.19. The van der Waals surface area contributed by atoms with Gasteiger partial charge in [-0.2, -0.15) is 0 Å². The summed E-state index contributed by atoms with van der Waals surface area (Å²) in [7, 11) is 0. The number of carbonyl (C=O) groups excluding carboxylic acids is 1. The lowest BCUT2D eigenvalue weighted by Crippen LogP contribution is -1.93. The number of thiophene rings is 1. The molecule has 2 nitrogen and oxygen atoms in total. The average molecular weight is 225 g/mol. The van der Waals surface area contributed by atoms with Crippen LogP contribution in [0.3, 0.4) is 0 Å². The number of thioether (sulfide) groups is 1. The summed E-state index contributed by atoms with van der Waals surface area (Å²) in [6.07, 6.45) is 5.11. The van der Waals surface area contributed by atoms with E-state index in [2.05, 4.69) is 4.99 Å². The molecule has 0 atom stereocenters. The Labute approximate surface area is 91.4 Å². The van der Waals surface area contributed by atoms with Crippen LogP contribution in [0.1, 0.15) is 26.5 Å². The normalized spacial score (nSPS) is 15.6. The number of aldehydes is 1. The fraction of sp³-hybridized carbons (Fsp3) is 0.400. The van der Waals surface area contributed by atoms with Crippen molar-refractivity contribution in [1.29, 1.82) is 0 Å². The molecule has 2 rings (SSSR count). The van der Waals surface area contributed by atoms with Gasteiger partial charge < -0.3 is 0 Å². The van der Waals surface area contributed by atoms with Crippen LogP contribution in [0, 0.1) is 0 Å². The topological polar surface area (TPSA) is 29.4 Å². The Kier molecular flexibility index (Phi) is 3.03. The van der Waals surface area contributed by atoms with Gasteiger partial charge in [-0.15, -0.1) is 23.1 Å². The van der Waals surface area contributed by atoms with Crippen molar-refractivity contribution in [2.24, 2.45) is 4.99 Å². The minimum atomic E-state index is 0.818. The number of aliphatic imine (C=N–C) groups is 1. The average Bonchev–Trinajstić information content (AvgIpc) is 2.53. The number of rotatable bonds is 1. The van der Waals surface area contributed by atoms with Gasteiger partial charge in [0.1, 0.15) is 0 Å². The van der Waals surface area contributed by atoms with E-state index in [1.807, 2.05) is 12.3 Å². The van der Waals surface area contributed by atoms with Crippen molar-refractivity contribution in [1.82, 2.24) is 0 Å². The molecule has 0 saturated carbocycles. The summed E-state index contributed by atoms with van der Waals surface area (Å²) < 4.78 is 0. The van der Waals surface area contributed by atoms with Crippen LogP contribution >= 0.6 is 23.1 Å². The van der Waals surface area contributed by atoms with Crippen LogP contribution in [-0.2, 0) is 6.42 Å². The van der Waals surface area contributed by atoms with E-state index in [9.17, 15) is 4.79 Å². The Bertz CT molecular complexity index is 381. The van der Waals surface area contributed by atoms with Gasteiger partial charge in [0, 0.05) is 17.0 Å². The molecule has 2 heterocycles. The molecule has 14 heavy (non-hydrogen) atoms. The van der Waals surface area contributed by atoms with Gasteiger partial charge >= 0.3 is 0 Å². The highest BCUT2D eigenvalue weighted by molar-refractivity contribution is 8.13. The molecule has 1 aromatic rings. The molecule has 0 saturated heterocycles. The molecule has 1 aromatic heterocycles. The number of hydrogen-bond donors (Lipinski definition) is 0. The molecule has 0 aromatic carbocycles. The number of hydrogen-bond acceptors (Lipinski definition) is 4. The standard InChI is InChI=1S/C10H11NOS2/c1-13-10-8-5-7(6-12)14-9(8)3-2-4-11-10/h5-6H,2-4H2,1H3. The van der Waals surface area contributed by atoms with Crippen LogP contribution < -0.4 is 0 Å². The molecular formula is C10H11NOS2. The van der Waals surface area contributed by atoms with E-state index in [-0.39, 0.29) is 0 Å². The summed E-state index contributed by atoms with van der Waals surface area (Å²) in [6.45, 7) is 0.911. The highest BCUT2D eigenvalue weighted by Gasteiger charge is 2.15. The molecule has 0 radical (unpaired) electrons. The Hall–Kier alpha value is -0.610. The zero-order valence-electron chi connectivity index (χ0n) is 7.95. The van der Waals surface area contributed by atoms with Crippen LogP contribution in [0.25, 0.3) is 0 Å². The summed E-state index contributed by atoms with van der Waals surface area (Å²) in [5.74, 6) is 0. The molecule has 1 aliphatic rings. The van der Waals surface area contributed by atoms with E-state index in [0.29, 0.717) is 0 Å². The highest BCUT2D eigenvalue weighted by atomic mass is 32.2. The van der Waals surface area contributed by atoms with Gasteiger partial charge in [0.05, 0.1) is 9.92 Å². The Balaban J connectivity index is 2.47. The van der Waals surface area contributed by atoms with E-state index in [1.165, 1.54) is 10.4 Å². The largest absolute Gasteiger partial charge is 0.297 e. The lowest BCUT2D eigenvalue weighted by molar-refractivity contribution is 0.112. The van der Waals surface area contributed by atoms with E-state index in [0.717, 1.165) is 35.6 Å². The Morgan fingerprint density at radius 1 is 1.64 bits per heavy atom. The maximum atomic E-state index is 10.7. The first-order valence-corrected chi connectivity index (χ1v) is 6.56. The summed E-state index contributed by atoms with van der Waals surface area (Å²) in [4.78, 5) is 17.3. The van der Waals surface area contributed by atoms with Gasteiger partial charge in [-0.3, -0.25) is 9.79 Å². The van der Waals surface area contributed by atoms with Crippen LogP contribution in [0.15, 0.2) is 11.1 Å². The van der Waals surface area contributed by atoms with Crippen molar-refractivity contribution in [2.45, 2.75) is 12.8 Å². The molecule has 74 valence electrons. The minimum Gasteiger partial charge on any atom is -0.297 e. The zero-order chi connectivity index (χ0) is 9.97. The molecule has 4 heteroatoms. The van der Waals surface area contributed by atoms with Gasteiger partial charge in [-0.05, 0) is 25.2 Å². The van der Waals surface area contributed by atoms with Crippen LogP contribution in [0.5, 0.6) is 0 Å². The second-order valence-corrected chi connectivity index (χ2v) is 5.06. The van der Waals surface area contributed by atoms with Crippen molar-refractivity contribution in [2.75, 3.05) is 12.8 Å². The predicted octanol–water partition coefficient (Wildman–Crippen LogP) is 2.62. The molecule has 0 amide bonds. The van der Waals surface area contributed by atoms with Crippen molar-refractivity contribution < 1.29 is 4.79 Å². The monoisotopic (exact) mass is 225 g/mol. The number of aryl methyl sites for hydroxylation is 1. The summed E-state index contributed by atoms with van der Waals surface area (Å²) in [5.41, 5.74) is 1.18. The van der Waals surface area contributed by atoms with E-state index in [1.54, 1.807) is 23.1 Å². The summed E-state index contributed by atoms with van der Waals surface area (Å²) in [6, 6.07) is 1.97. The van der Waals surface area contributed by atoms with Crippen molar-refractivity contribution >= 4 is 34.4 Å². The maximum absolute atomic E-state index is 10.7. The lowest BCUT2D eigenvalue weighted by atomic mass is 10.2. The quantitative estimate of drug-likeness (QED) is 0.688. The van der Waals surface area contributed by atoms with Crippen LogP contribution in [0.4, 0.5) is 0 Å². The molecule has 0 aliphatic carbocycles.